The largest absolute Gasteiger partial charge is 0.337 e. The van der Waals surface area contributed by atoms with Gasteiger partial charge in [0.05, 0.1) is 6.54 Å². The molecule has 4 heteroatoms. The Labute approximate surface area is 96.0 Å². The number of carbonyl (C=O) groups is 1. The summed E-state index contributed by atoms with van der Waals surface area (Å²) in [6, 6.07) is 2.08. The highest BCUT2D eigenvalue weighted by Gasteiger charge is 2.27. The van der Waals surface area contributed by atoms with Gasteiger partial charge in [-0.15, -0.1) is 11.3 Å². The number of halogens is 1. The molecule has 1 saturated heterocycles. The molecule has 1 amide bonds. The number of likely N-dealkylation sites (tertiary alicyclic amines) is 1. The van der Waals surface area contributed by atoms with Gasteiger partial charge in [0.25, 0.3) is 0 Å². The van der Waals surface area contributed by atoms with Crippen LogP contribution in [-0.4, -0.2) is 17.4 Å². The molecule has 1 unspecified atom stereocenters. The molecule has 2 nitrogen and oxygen atoms in total. The van der Waals surface area contributed by atoms with Crippen molar-refractivity contribution >= 4 is 33.2 Å². The Morgan fingerprint density at radius 2 is 2.50 bits per heavy atom. The van der Waals surface area contributed by atoms with Crippen molar-refractivity contribution in [3.8, 4) is 0 Å². The van der Waals surface area contributed by atoms with E-state index >= 15 is 0 Å². The first-order valence-corrected chi connectivity index (χ1v) is 6.36. The summed E-state index contributed by atoms with van der Waals surface area (Å²) < 4.78 is 1.11. The van der Waals surface area contributed by atoms with E-state index in [9.17, 15) is 4.79 Å². The Morgan fingerprint density at radius 3 is 3.00 bits per heavy atom. The smallest absolute Gasteiger partial charge is 0.225 e. The fourth-order valence-corrected chi connectivity index (χ4v) is 3.14. The van der Waals surface area contributed by atoms with Crippen molar-refractivity contribution < 1.29 is 4.79 Å². The summed E-state index contributed by atoms with van der Waals surface area (Å²) in [5, 5.41) is 2.05. The van der Waals surface area contributed by atoms with Crippen LogP contribution >= 0.6 is 27.3 Å². The van der Waals surface area contributed by atoms with Gasteiger partial charge in [-0.3, -0.25) is 4.79 Å². The first-order valence-electron chi connectivity index (χ1n) is 4.68. The average Bonchev–Trinajstić information content (AvgIpc) is 2.67. The summed E-state index contributed by atoms with van der Waals surface area (Å²) in [5.41, 5.74) is 0. The van der Waals surface area contributed by atoms with E-state index in [-0.39, 0.29) is 5.92 Å². The molecule has 1 atom stereocenters. The zero-order chi connectivity index (χ0) is 10.1. The van der Waals surface area contributed by atoms with E-state index in [2.05, 4.69) is 27.4 Å². The van der Waals surface area contributed by atoms with Crippen molar-refractivity contribution in [1.82, 2.24) is 4.90 Å². The molecular weight excluding hydrogens is 262 g/mol. The van der Waals surface area contributed by atoms with E-state index < -0.39 is 0 Å². The SMILES string of the molecule is CC1CCN(Cc2cc(Br)cs2)C1=O. The van der Waals surface area contributed by atoms with Gasteiger partial charge in [-0.2, -0.15) is 0 Å². The molecule has 1 aromatic heterocycles. The minimum atomic E-state index is 0.221. The molecule has 1 aliphatic rings. The highest BCUT2D eigenvalue weighted by molar-refractivity contribution is 9.10. The van der Waals surface area contributed by atoms with E-state index in [1.54, 1.807) is 11.3 Å². The summed E-state index contributed by atoms with van der Waals surface area (Å²) in [4.78, 5) is 14.8. The van der Waals surface area contributed by atoms with Gasteiger partial charge in [0.2, 0.25) is 5.91 Å². The Kier molecular flexibility index (Phi) is 2.93. The van der Waals surface area contributed by atoms with E-state index in [0.717, 1.165) is 24.0 Å². The Bertz CT molecular complexity index is 350. The van der Waals surface area contributed by atoms with Gasteiger partial charge in [0, 0.05) is 27.2 Å². The third-order valence-electron chi connectivity index (χ3n) is 2.53. The van der Waals surface area contributed by atoms with Crippen molar-refractivity contribution in [3.63, 3.8) is 0 Å². The zero-order valence-corrected chi connectivity index (χ0v) is 10.4. The van der Waals surface area contributed by atoms with Crippen molar-refractivity contribution in [2.75, 3.05) is 6.54 Å². The number of thiophene rings is 1. The minimum Gasteiger partial charge on any atom is -0.337 e. The predicted octanol–water partition coefficient (Wildman–Crippen LogP) is 2.88. The zero-order valence-electron chi connectivity index (χ0n) is 8.00. The van der Waals surface area contributed by atoms with E-state index in [1.165, 1.54) is 4.88 Å². The van der Waals surface area contributed by atoms with Gasteiger partial charge in [-0.25, -0.2) is 0 Å². The maximum Gasteiger partial charge on any atom is 0.225 e. The lowest BCUT2D eigenvalue weighted by Crippen LogP contribution is -2.25. The van der Waals surface area contributed by atoms with Crippen molar-refractivity contribution in [3.05, 3.63) is 20.8 Å². The molecule has 2 rings (SSSR count). The molecule has 2 heterocycles. The van der Waals surface area contributed by atoms with Crippen molar-refractivity contribution in [2.24, 2.45) is 5.92 Å². The second-order valence-electron chi connectivity index (χ2n) is 3.68. The molecule has 0 aromatic carbocycles. The first-order chi connectivity index (χ1) is 6.66. The van der Waals surface area contributed by atoms with Gasteiger partial charge in [-0.05, 0) is 28.4 Å². The van der Waals surface area contributed by atoms with Gasteiger partial charge >= 0.3 is 0 Å². The summed E-state index contributed by atoms with van der Waals surface area (Å²) in [6.07, 6.45) is 1.01. The number of nitrogens with zero attached hydrogens (tertiary/aromatic N) is 1. The van der Waals surface area contributed by atoms with Gasteiger partial charge in [0.1, 0.15) is 0 Å². The number of carbonyl (C=O) groups excluding carboxylic acids is 1. The summed E-state index contributed by atoms with van der Waals surface area (Å²) in [7, 11) is 0. The highest BCUT2D eigenvalue weighted by atomic mass is 79.9. The summed E-state index contributed by atoms with van der Waals surface area (Å²) >= 11 is 5.11. The third kappa shape index (κ3) is 2.01. The van der Waals surface area contributed by atoms with E-state index in [0.29, 0.717) is 5.91 Å². The maximum atomic E-state index is 11.6. The Morgan fingerprint density at radius 1 is 1.71 bits per heavy atom. The van der Waals surface area contributed by atoms with Crippen LogP contribution in [0, 0.1) is 5.92 Å². The molecule has 1 fully saturated rings. The molecule has 0 saturated carbocycles. The molecular formula is C10H12BrNOS. The topological polar surface area (TPSA) is 20.3 Å². The van der Waals surface area contributed by atoms with Gasteiger partial charge in [-0.1, -0.05) is 6.92 Å². The Balaban J connectivity index is 2.02. The molecule has 1 aliphatic heterocycles. The van der Waals surface area contributed by atoms with Crippen LogP contribution in [0.2, 0.25) is 0 Å². The average molecular weight is 274 g/mol. The normalized spacial score (nSPS) is 22.0. The van der Waals surface area contributed by atoms with Gasteiger partial charge < -0.3 is 4.90 Å². The molecule has 0 radical (unpaired) electrons. The number of rotatable bonds is 2. The van der Waals surface area contributed by atoms with Crippen LogP contribution in [0.5, 0.6) is 0 Å². The lowest BCUT2D eigenvalue weighted by molar-refractivity contribution is -0.130. The molecule has 0 aliphatic carbocycles. The fraction of sp³-hybridized carbons (Fsp3) is 0.500. The van der Waals surface area contributed by atoms with Crippen LogP contribution in [0.3, 0.4) is 0 Å². The lowest BCUT2D eigenvalue weighted by atomic mass is 10.1. The van der Waals surface area contributed by atoms with Crippen LogP contribution in [0.25, 0.3) is 0 Å². The first kappa shape index (κ1) is 10.2. The van der Waals surface area contributed by atoms with Crippen LogP contribution in [0.4, 0.5) is 0 Å². The number of amides is 1. The summed E-state index contributed by atoms with van der Waals surface area (Å²) in [6.45, 7) is 3.70. The van der Waals surface area contributed by atoms with Crippen LogP contribution in [0.15, 0.2) is 15.9 Å². The molecule has 0 bridgehead atoms. The van der Waals surface area contributed by atoms with Crippen molar-refractivity contribution in [1.29, 1.82) is 0 Å². The molecule has 1 aromatic rings. The fourth-order valence-electron chi connectivity index (χ4n) is 1.68. The lowest BCUT2D eigenvalue weighted by Gasteiger charge is -2.14. The Hall–Kier alpha value is -0.350. The monoisotopic (exact) mass is 273 g/mol. The predicted molar refractivity (Wildman–Crippen MR) is 61.2 cm³/mol. The van der Waals surface area contributed by atoms with E-state index in [4.69, 9.17) is 0 Å². The summed E-state index contributed by atoms with van der Waals surface area (Å²) in [5.74, 6) is 0.521. The molecule has 0 spiro atoms. The van der Waals surface area contributed by atoms with Gasteiger partial charge in [0.15, 0.2) is 0 Å². The van der Waals surface area contributed by atoms with Crippen LogP contribution in [-0.2, 0) is 11.3 Å². The number of hydrogen-bond donors (Lipinski definition) is 0. The quantitative estimate of drug-likeness (QED) is 0.812. The van der Waals surface area contributed by atoms with Crippen LogP contribution < -0.4 is 0 Å². The minimum absolute atomic E-state index is 0.221. The maximum absolute atomic E-state index is 11.6. The van der Waals surface area contributed by atoms with E-state index in [1.807, 2.05) is 11.8 Å². The number of hydrogen-bond acceptors (Lipinski definition) is 2. The second kappa shape index (κ2) is 4.03. The standard InChI is InChI=1S/C10H12BrNOS/c1-7-2-3-12(10(7)13)5-9-4-8(11)6-14-9/h4,6-7H,2-3,5H2,1H3. The van der Waals surface area contributed by atoms with Crippen LogP contribution in [0.1, 0.15) is 18.2 Å². The molecule has 76 valence electrons. The molecule has 0 N–H and O–H groups in total. The van der Waals surface area contributed by atoms with Crippen molar-refractivity contribution in [2.45, 2.75) is 19.9 Å². The second-order valence-corrected chi connectivity index (χ2v) is 5.59. The highest BCUT2D eigenvalue weighted by Crippen LogP contribution is 2.24. The molecule has 14 heavy (non-hydrogen) atoms. The third-order valence-corrected chi connectivity index (χ3v) is 4.22.